The minimum absolute atomic E-state index is 0.128. The van der Waals surface area contributed by atoms with Gasteiger partial charge in [0, 0.05) is 25.0 Å². The van der Waals surface area contributed by atoms with Crippen LogP contribution in [0.3, 0.4) is 0 Å². The van der Waals surface area contributed by atoms with Crippen LogP contribution in [0.4, 0.5) is 13.2 Å². The molecule has 6 nitrogen and oxygen atoms in total. The number of nitrogens with zero attached hydrogens (tertiary/aromatic N) is 6. The summed E-state index contributed by atoms with van der Waals surface area (Å²) in [4.78, 5) is 12.6. The van der Waals surface area contributed by atoms with Gasteiger partial charge in [0.15, 0.2) is 11.6 Å². The van der Waals surface area contributed by atoms with E-state index in [4.69, 9.17) is 0 Å². The van der Waals surface area contributed by atoms with Gasteiger partial charge in [0.05, 0.1) is 0 Å². The summed E-state index contributed by atoms with van der Waals surface area (Å²) in [5.41, 5.74) is 0.336. The quantitative estimate of drug-likeness (QED) is 0.740. The molecule has 0 bridgehead atoms. The number of hydrogen-bond donors (Lipinski definition) is 0. The predicted octanol–water partition coefficient (Wildman–Crippen LogP) is 2.50. The Morgan fingerprint density at radius 1 is 1.22 bits per heavy atom. The Kier molecular flexibility index (Phi) is 3.10. The molecule has 0 aromatic carbocycles. The average Bonchev–Trinajstić information content (AvgIpc) is 3.05. The van der Waals surface area contributed by atoms with Crippen molar-refractivity contribution in [1.29, 1.82) is 0 Å². The van der Waals surface area contributed by atoms with Crippen molar-refractivity contribution in [2.75, 3.05) is 0 Å². The maximum atomic E-state index is 12.8. The van der Waals surface area contributed by atoms with E-state index in [0.29, 0.717) is 29.6 Å². The van der Waals surface area contributed by atoms with Crippen LogP contribution in [0.2, 0.25) is 0 Å². The van der Waals surface area contributed by atoms with Crippen molar-refractivity contribution in [1.82, 2.24) is 29.1 Å². The van der Waals surface area contributed by atoms with Crippen LogP contribution in [0.25, 0.3) is 17.3 Å². The fourth-order valence-corrected chi connectivity index (χ4v) is 2.46. The summed E-state index contributed by atoms with van der Waals surface area (Å²) in [5, 5.41) is 4.04. The van der Waals surface area contributed by atoms with Gasteiger partial charge in [0.1, 0.15) is 12.2 Å². The monoisotopic (exact) mass is 322 g/mol. The van der Waals surface area contributed by atoms with Gasteiger partial charge in [-0.05, 0) is 24.8 Å². The van der Waals surface area contributed by atoms with Crippen molar-refractivity contribution in [3.63, 3.8) is 0 Å². The number of imidazole rings is 1. The zero-order valence-corrected chi connectivity index (χ0v) is 12.0. The van der Waals surface area contributed by atoms with E-state index in [0.717, 1.165) is 17.5 Å². The molecule has 3 aromatic heterocycles. The van der Waals surface area contributed by atoms with Gasteiger partial charge in [-0.15, -0.1) is 0 Å². The van der Waals surface area contributed by atoms with Crippen molar-refractivity contribution in [3.8, 4) is 11.5 Å². The molecule has 0 unspecified atom stereocenters. The summed E-state index contributed by atoms with van der Waals surface area (Å²) in [7, 11) is 0. The lowest BCUT2D eigenvalue weighted by molar-refractivity contribution is -0.142. The molecular weight excluding hydrogens is 309 g/mol. The van der Waals surface area contributed by atoms with Crippen LogP contribution >= 0.6 is 0 Å². The van der Waals surface area contributed by atoms with E-state index >= 15 is 0 Å². The lowest BCUT2D eigenvalue weighted by atomic mass is 10.3. The van der Waals surface area contributed by atoms with Gasteiger partial charge in [-0.2, -0.15) is 18.3 Å². The first-order chi connectivity index (χ1) is 11.0. The van der Waals surface area contributed by atoms with Crippen molar-refractivity contribution >= 4 is 5.78 Å². The normalized spacial score (nSPS) is 15.4. The van der Waals surface area contributed by atoms with Gasteiger partial charge in [-0.25, -0.2) is 19.6 Å². The molecule has 1 aliphatic carbocycles. The van der Waals surface area contributed by atoms with Gasteiger partial charge in [-0.1, -0.05) is 0 Å². The first kappa shape index (κ1) is 14.2. The van der Waals surface area contributed by atoms with Gasteiger partial charge >= 0.3 is 6.18 Å². The summed E-state index contributed by atoms with van der Waals surface area (Å²) in [6, 6.07) is 1.72. The molecule has 0 aliphatic heterocycles. The van der Waals surface area contributed by atoms with E-state index in [1.54, 1.807) is 29.1 Å². The molecule has 0 N–H and O–H groups in total. The Morgan fingerprint density at radius 3 is 2.74 bits per heavy atom. The number of hydrogen-bond acceptors (Lipinski definition) is 4. The summed E-state index contributed by atoms with van der Waals surface area (Å²) in [5.74, 6) is 1.47. The molecule has 3 heterocycles. The van der Waals surface area contributed by atoms with Gasteiger partial charge in [-0.3, -0.25) is 4.40 Å². The Hall–Kier alpha value is -2.45. The fourth-order valence-electron chi connectivity index (χ4n) is 2.46. The van der Waals surface area contributed by atoms with Gasteiger partial charge < -0.3 is 0 Å². The third-order valence-corrected chi connectivity index (χ3v) is 3.68. The molecule has 0 radical (unpaired) electrons. The molecule has 0 saturated heterocycles. The second-order valence-corrected chi connectivity index (χ2v) is 5.73. The minimum Gasteiger partial charge on any atom is -0.290 e. The van der Waals surface area contributed by atoms with E-state index in [9.17, 15) is 13.2 Å². The number of fused-ring (bicyclic) bond motifs is 1. The highest BCUT2D eigenvalue weighted by Crippen LogP contribution is 2.32. The van der Waals surface area contributed by atoms with Crippen LogP contribution in [-0.2, 0) is 13.0 Å². The molecule has 1 fully saturated rings. The van der Waals surface area contributed by atoms with E-state index in [-0.39, 0.29) is 5.82 Å². The van der Waals surface area contributed by atoms with Crippen LogP contribution in [0, 0.1) is 5.92 Å². The number of alkyl halides is 3. The van der Waals surface area contributed by atoms with E-state index in [1.165, 1.54) is 0 Å². The predicted molar refractivity (Wildman–Crippen MR) is 74.5 cm³/mol. The van der Waals surface area contributed by atoms with Crippen molar-refractivity contribution in [2.24, 2.45) is 5.92 Å². The van der Waals surface area contributed by atoms with Gasteiger partial charge in [0.25, 0.3) is 0 Å². The standard InChI is InChI=1S/C14H13F3N6/c15-14(16,17)8-23-12(20-11(21-23)6-9-2-3-9)10-7-22-5-1-4-18-13(22)19-10/h1,4-5,7,9H,2-3,6,8H2. The van der Waals surface area contributed by atoms with Crippen molar-refractivity contribution in [2.45, 2.75) is 32.0 Å². The summed E-state index contributed by atoms with van der Waals surface area (Å²) in [6.45, 7) is -1.18. The molecule has 0 atom stereocenters. The third-order valence-electron chi connectivity index (χ3n) is 3.68. The third kappa shape index (κ3) is 3.03. The Bertz CT molecular complexity index is 813. The molecule has 4 rings (SSSR count). The molecular formula is C14H13F3N6. The molecule has 120 valence electrons. The van der Waals surface area contributed by atoms with E-state index in [2.05, 4.69) is 20.1 Å². The van der Waals surface area contributed by atoms with E-state index in [1.807, 2.05) is 0 Å². The summed E-state index contributed by atoms with van der Waals surface area (Å²) >= 11 is 0. The number of halogens is 3. The molecule has 3 aromatic rings. The Balaban J connectivity index is 1.76. The highest BCUT2D eigenvalue weighted by molar-refractivity contribution is 5.53. The Morgan fingerprint density at radius 2 is 2.04 bits per heavy atom. The average molecular weight is 322 g/mol. The molecule has 1 saturated carbocycles. The summed E-state index contributed by atoms with van der Waals surface area (Å²) in [6.07, 6.45) is 3.34. The summed E-state index contributed by atoms with van der Waals surface area (Å²) < 4.78 is 40.9. The first-order valence-corrected chi connectivity index (χ1v) is 7.28. The van der Waals surface area contributed by atoms with Crippen LogP contribution in [0.1, 0.15) is 18.7 Å². The fraction of sp³-hybridized carbons (Fsp3) is 0.429. The Labute approximate surface area is 129 Å². The highest BCUT2D eigenvalue weighted by Gasteiger charge is 2.32. The molecule has 0 spiro atoms. The van der Waals surface area contributed by atoms with Crippen molar-refractivity contribution < 1.29 is 13.2 Å². The largest absolute Gasteiger partial charge is 0.408 e. The highest BCUT2D eigenvalue weighted by atomic mass is 19.4. The zero-order valence-electron chi connectivity index (χ0n) is 12.0. The van der Waals surface area contributed by atoms with Crippen molar-refractivity contribution in [3.05, 3.63) is 30.5 Å². The maximum Gasteiger partial charge on any atom is 0.408 e. The lowest BCUT2D eigenvalue weighted by Crippen LogP contribution is -2.19. The SMILES string of the molecule is FC(F)(F)Cn1nc(CC2CC2)nc1-c1cn2cccnc2n1. The molecule has 23 heavy (non-hydrogen) atoms. The lowest BCUT2D eigenvalue weighted by Gasteiger charge is -2.07. The molecule has 1 aliphatic rings. The van der Waals surface area contributed by atoms with Crippen LogP contribution in [0.15, 0.2) is 24.7 Å². The topological polar surface area (TPSA) is 60.9 Å². The number of aromatic nitrogens is 6. The molecule has 0 amide bonds. The number of rotatable bonds is 4. The zero-order chi connectivity index (χ0) is 16.0. The first-order valence-electron chi connectivity index (χ1n) is 7.28. The second kappa shape index (κ2) is 5.04. The van der Waals surface area contributed by atoms with Crippen LogP contribution in [0.5, 0.6) is 0 Å². The maximum absolute atomic E-state index is 12.8. The van der Waals surface area contributed by atoms with E-state index < -0.39 is 12.7 Å². The van der Waals surface area contributed by atoms with Crippen LogP contribution in [-0.4, -0.2) is 35.3 Å². The minimum atomic E-state index is -4.36. The van der Waals surface area contributed by atoms with Gasteiger partial charge in [0.2, 0.25) is 5.78 Å². The smallest absolute Gasteiger partial charge is 0.290 e. The van der Waals surface area contributed by atoms with Crippen LogP contribution < -0.4 is 0 Å². The second-order valence-electron chi connectivity index (χ2n) is 5.73. The molecule has 9 heteroatoms.